The van der Waals surface area contributed by atoms with Crippen molar-refractivity contribution in [2.75, 3.05) is 27.2 Å². The first kappa shape index (κ1) is 15.1. The van der Waals surface area contributed by atoms with Gasteiger partial charge in [0.1, 0.15) is 0 Å². The van der Waals surface area contributed by atoms with Gasteiger partial charge in [-0.15, -0.1) is 0 Å². The number of benzene rings is 1. The Balaban J connectivity index is 2.57. The number of hydrogen-bond donors (Lipinski definition) is 1. The summed E-state index contributed by atoms with van der Waals surface area (Å²) in [5, 5.41) is 0. The van der Waals surface area contributed by atoms with Gasteiger partial charge in [0.2, 0.25) is 10.0 Å². The third-order valence-corrected chi connectivity index (χ3v) is 4.19. The molecule has 0 spiro atoms. The summed E-state index contributed by atoms with van der Waals surface area (Å²) in [7, 11) is 0.589. The number of sulfonamides is 1. The second-order valence-electron chi connectivity index (χ2n) is 4.55. The molecule has 0 unspecified atom stereocenters. The predicted octanol–water partition coefficient (Wildman–Crippen LogP) is 1.48. The topological polar surface area (TPSA) is 49.4 Å². The fourth-order valence-electron chi connectivity index (χ4n) is 1.59. The normalized spacial score (nSPS) is 12.0. The number of nitrogens with one attached hydrogen (secondary N) is 1. The molecule has 0 aliphatic rings. The second-order valence-corrected chi connectivity index (χ2v) is 6.32. The molecule has 1 rings (SSSR count). The Kier molecular flexibility index (Phi) is 5.78. The minimum atomic E-state index is -3.35. The number of rotatable bonds is 7. The van der Waals surface area contributed by atoms with Crippen LogP contribution in [0.2, 0.25) is 0 Å². The number of aryl methyl sites for hydroxylation is 1. The van der Waals surface area contributed by atoms with E-state index in [-0.39, 0.29) is 0 Å². The second kappa shape index (κ2) is 6.87. The van der Waals surface area contributed by atoms with E-state index in [9.17, 15) is 8.42 Å². The lowest BCUT2D eigenvalue weighted by molar-refractivity contribution is 0.400. The fourth-order valence-corrected chi connectivity index (χ4v) is 2.66. The molecule has 0 aromatic heterocycles. The van der Waals surface area contributed by atoms with E-state index >= 15 is 0 Å². The molecule has 0 heterocycles. The van der Waals surface area contributed by atoms with Crippen molar-refractivity contribution in [2.45, 2.75) is 24.7 Å². The van der Waals surface area contributed by atoms with Crippen LogP contribution in [0, 0.1) is 0 Å². The molecule has 5 heteroatoms. The molecule has 4 nitrogen and oxygen atoms in total. The van der Waals surface area contributed by atoms with E-state index in [4.69, 9.17) is 0 Å². The smallest absolute Gasteiger partial charge is 0.240 e. The van der Waals surface area contributed by atoms with E-state index in [0.717, 1.165) is 24.9 Å². The van der Waals surface area contributed by atoms with E-state index in [1.54, 1.807) is 12.1 Å². The van der Waals surface area contributed by atoms with Gasteiger partial charge in [-0.3, -0.25) is 0 Å². The van der Waals surface area contributed by atoms with Crippen LogP contribution in [0.3, 0.4) is 0 Å². The zero-order chi connectivity index (χ0) is 13.6. The van der Waals surface area contributed by atoms with Crippen LogP contribution in [-0.2, 0) is 16.4 Å². The molecule has 0 aliphatic carbocycles. The average molecular weight is 270 g/mol. The largest absolute Gasteiger partial charge is 0.309 e. The van der Waals surface area contributed by atoms with Gasteiger partial charge in [-0.25, -0.2) is 13.1 Å². The Hall–Kier alpha value is -0.910. The molecule has 0 bridgehead atoms. The zero-order valence-electron chi connectivity index (χ0n) is 11.3. The Bertz CT molecular complexity index is 452. The van der Waals surface area contributed by atoms with Gasteiger partial charge >= 0.3 is 0 Å². The highest BCUT2D eigenvalue weighted by atomic mass is 32.2. The van der Waals surface area contributed by atoms with E-state index in [0.29, 0.717) is 11.4 Å². The van der Waals surface area contributed by atoms with Gasteiger partial charge < -0.3 is 4.90 Å². The molecule has 0 atom stereocenters. The minimum absolute atomic E-state index is 0.338. The quantitative estimate of drug-likeness (QED) is 0.764. The van der Waals surface area contributed by atoms with Crippen LogP contribution in [0.15, 0.2) is 29.2 Å². The van der Waals surface area contributed by atoms with Gasteiger partial charge in [0, 0.05) is 6.54 Å². The van der Waals surface area contributed by atoms with Crippen LogP contribution in [-0.4, -0.2) is 40.5 Å². The molecule has 0 saturated heterocycles. The highest BCUT2D eigenvalue weighted by molar-refractivity contribution is 7.89. The molecule has 102 valence electrons. The number of nitrogens with zero attached hydrogens (tertiary/aromatic N) is 1. The van der Waals surface area contributed by atoms with Gasteiger partial charge in [-0.05, 0) is 51.2 Å². The van der Waals surface area contributed by atoms with Gasteiger partial charge in [0.05, 0.1) is 4.90 Å². The van der Waals surface area contributed by atoms with Crippen molar-refractivity contribution >= 4 is 10.0 Å². The summed E-state index contributed by atoms with van der Waals surface area (Å²) in [5.74, 6) is 0. The summed E-state index contributed by atoms with van der Waals surface area (Å²) in [6.45, 7) is 3.39. The fraction of sp³-hybridized carbons (Fsp3) is 0.538. The molecule has 0 radical (unpaired) electrons. The summed E-state index contributed by atoms with van der Waals surface area (Å²) in [4.78, 5) is 2.37. The highest BCUT2D eigenvalue weighted by Crippen LogP contribution is 2.10. The lowest BCUT2D eigenvalue weighted by Crippen LogP contribution is -2.27. The van der Waals surface area contributed by atoms with Gasteiger partial charge in [0.25, 0.3) is 0 Å². The van der Waals surface area contributed by atoms with Crippen molar-refractivity contribution in [3.63, 3.8) is 0 Å². The number of hydrogen-bond acceptors (Lipinski definition) is 3. The van der Waals surface area contributed by atoms with Crippen molar-refractivity contribution in [1.82, 2.24) is 9.62 Å². The van der Waals surface area contributed by atoms with E-state index < -0.39 is 10.0 Å². The molecule has 1 N–H and O–H groups in total. The minimum Gasteiger partial charge on any atom is -0.309 e. The van der Waals surface area contributed by atoms with E-state index in [2.05, 4.69) is 4.72 Å². The van der Waals surface area contributed by atoms with Crippen molar-refractivity contribution in [3.8, 4) is 0 Å². The summed E-state index contributed by atoms with van der Waals surface area (Å²) in [6.07, 6.45) is 1.72. The van der Waals surface area contributed by atoms with Crippen molar-refractivity contribution in [2.24, 2.45) is 0 Å². The van der Waals surface area contributed by atoms with Crippen LogP contribution in [0.1, 0.15) is 18.9 Å². The standard InChI is InChI=1S/C13H22N2O2S/c1-4-12-6-8-13(9-7-12)18(16,17)14-10-5-11-15(2)3/h6-9,14H,4-5,10-11H2,1-3H3. The third kappa shape index (κ3) is 4.76. The molecule has 0 saturated carbocycles. The molecular formula is C13H22N2O2S. The average Bonchev–Trinajstić information content (AvgIpc) is 2.34. The summed E-state index contributed by atoms with van der Waals surface area (Å²) >= 11 is 0. The van der Waals surface area contributed by atoms with Gasteiger partial charge in [-0.2, -0.15) is 0 Å². The molecule has 0 fully saturated rings. The van der Waals surface area contributed by atoms with Crippen LogP contribution in [0.5, 0.6) is 0 Å². The lowest BCUT2D eigenvalue weighted by atomic mass is 10.2. The van der Waals surface area contributed by atoms with Crippen molar-refractivity contribution in [3.05, 3.63) is 29.8 Å². The van der Waals surface area contributed by atoms with Crippen molar-refractivity contribution < 1.29 is 8.42 Å². The summed E-state index contributed by atoms with van der Waals surface area (Å²) < 4.78 is 26.5. The molecule has 0 amide bonds. The first-order valence-electron chi connectivity index (χ1n) is 6.19. The maximum Gasteiger partial charge on any atom is 0.240 e. The molecule has 1 aromatic carbocycles. The van der Waals surface area contributed by atoms with Crippen LogP contribution in [0.4, 0.5) is 0 Å². The van der Waals surface area contributed by atoms with Crippen LogP contribution in [0.25, 0.3) is 0 Å². The Morgan fingerprint density at radius 2 is 1.78 bits per heavy atom. The van der Waals surface area contributed by atoms with Crippen molar-refractivity contribution in [1.29, 1.82) is 0 Å². The lowest BCUT2D eigenvalue weighted by Gasteiger charge is -2.10. The Labute approximate surface area is 110 Å². The first-order chi connectivity index (χ1) is 8.45. The monoisotopic (exact) mass is 270 g/mol. The molecule has 0 aliphatic heterocycles. The summed E-state index contributed by atoms with van der Waals surface area (Å²) in [5.41, 5.74) is 1.14. The summed E-state index contributed by atoms with van der Waals surface area (Å²) in [6, 6.07) is 7.03. The first-order valence-corrected chi connectivity index (χ1v) is 7.67. The van der Waals surface area contributed by atoms with E-state index in [1.807, 2.05) is 38.1 Å². The van der Waals surface area contributed by atoms with E-state index in [1.165, 1.54) is 0 Å². The Morgan fingerprint density at radius 1 is 1.17 bits per heavy atom. The maximum absolute atomic E-state index is 12.0. The van der Waals surface area contributed by atoms with Crippen LogP contribution >= 0.6 is 0 Å². The highest BCUT2D eigenvalue weighted by Gasteiger charge is 2.12. The third-order valence-electron chi connectivity index (χ3n) is 2.72. The van der Waals surface area contributed by atoms with Crippen LogP contribution < -0.4 is 4.72 Å². The predicted molar refractivity (Wildman–Crippen MR) is 74.2 cm³/mol. The van der Waals surface area contributed by atoms with Gasteiger partial charge in [0.15, 0.2) is 0 Å². The SMILES string of the molecule is CCc1ccc(S(=O)(=O)NCCCN(C)C)cc1. The maximum atomic E-state index is 12.0. The molecule has 18 heavy (non-hydrogen) atoms. The van der Waals surface area contributed by atoms with Gasteiger partial charge in [-0.1, -0.05) is 19.1 Å². The Morgan fingerprint density at radius 3 is 2.28 bits per heavy atom. The zero-order valence-corrected chi connectivity index (χ0v) is 12.1. The molecule has 1 aromatic rings. The molecular weight excluding hydrogens is 248 g/mol.